The summed E-state index contributed by atoms with van der Waals surface area (Å²) in [6.45, 7) is 5.69. The lowest BCUT2D eigenvalue weighted by molar-refractivity contribution is 0.324. The van der Waals surface area contributed by atoms with E-state index in [0.717, 1.165) is 5.56 Å². The van der Waals surface area contributed by atoms with Crippen LogP contribution in [0.4, 0.5) is 0 Å². The summed E-state index contributed by atoms with van der Waals surface area (Å²) in [4.78, 5) is 4.56. The summed E-state index contributed by atoms with van der Waals surface area (Å²) >= 11 is 0. The van der Waals surface area contributed by atoms with Crippen LogP contribution >= 0.6 is 24.0 Å². The number of benzene rings is 1. The van der Waals surface area contributed by atoms with Crippen LogP contribution in [0.25, 0.3) is 0 Å². The molecule has 3 N–H and O–H groups in total. The van der Waals surface area contributed by atoms with Gasteiger partial charge >= 0.3 is 0 Å². The summed E-state index contributed by atoms with van der Waals surface area (Å²) in [6, 6.07) is 3.71. The Morgan fingerprint density at radius 3 is 2.10 bits per heavy atom. The van der Waals surface area contributed by atoms with Crippen LogP contribution < -0.4 is 29.6 Å². The number of hydrogen-bond acceptors (Lipinski definition) is 6. The Morgan fingerprint density at radius 1 is 1.00 bits per heavy atom. The van der Waals surface area contributed by atoms with Gasteiger partial charge in [-0.05, 0) is 38.0 Å². The van der Waals surface area contributed by atoms with Gasteiger partial charge in [-0.1, -0.05) is 0 Å². The molecule has 0 aliphatic carbocycles. The van der Waals surface area contributed by atoms with E-state index in [1.165, 1.54) is 0 Å². The maximum Gasteiger partial charge on any atom is 0.211 e. The molecule has 168 valence electrons. The Bertz CT molecular complexity index is 719. The van der Waals surface area contributed by atoms with Gasteiger partial charge in [-0.2, -0.15) is 0 Å². The second-order valence-corrected chi connectivity index (χ2v) is 7.90. The molecule has 11 heteroatoms. The van der Waals surface area contributed by atoms with Gasteiger partial charge in [0.05, 0.1) is 33.6 Å². The third-order valence-electron chi connectivity index (χ3n) is 3.84. The van der Waals surface area contributed by atoms with Crippen LogP contribution in [-0.4, -0.2) is 61.1 Å². The Balaban J connectivity index is 0.00000784. The molecule has 0 atom stereocenters. The predicted octanol–water partition coefficient (Wildman–Crippen LogP) is 1.71. The van der Waals surface area contributed by atoms with Gasteiger partial charge in [0.2, 0.25) is 15.8 Å². The Hall–Kier alpha value is -1.47. The minimum absolute atomic E-state index is 0. The number of methoxy groups -OCH3 is 3. The molecule has 29 heavy (non-hydrogen) atoms. The summed E-state index contributed by atoms with van der Waals surface area (Å²) in [6.07, 6.45) is 0.647. The average Bonchev–Trinajstić information content (AvgIpc) is 2.70. The lowest BCUT2D eigenvalue weighted by atomic mass is 10.2. The van der Waals surface area contributed by atoms with Crippen LogP contribution in [-0.2, 0) is 16.6 Å². The van der Waals surface area contributed by atoms with Gasteiger partial charge in [0, 0.05) is 19.6 Å². The molecule has 0 saturated heterocycles. The third-order valence-corrected chi connectivity index (χ3v) is 5.24. The number of sulfonamides is 1. The normalized spacial score (nSPS) is 11.4. The molecule has 0 aliphatic rings. The highest BCUT2D eigenvalue weighted by Crippen LogP contribution is 2.38. The standard InChI is InChI=1S/C18H32N4O5S.HI/c1-6-19-18(20-9-8-10-22-28(23,24)7-2)21-13-14-11-15(25-3)17(27-5)16(12-14)26-4;/h11-12,22H,6-10,13H2,1-5H3,(H2,19,20,21);1H. The van der Waals surface area contributed by atoms with Gasteiger partial charge in [0.15, 0.2) is 17.5 Å². The molecule has 9 nitrogen and oxygen atoms in total. The Labute approximate surface area is 191 Å². The van der Waals surface area contributed by atoms with Crippen LogP contribution in [0.1, 0.15) is 25.8 Å². The van der Waals surface area contributed by atoms with Crippen molar-refractivity contribution in [3.05, 3.63) is 17.7 Å². The molecular formula is C18H33IN4O5S. The second-order valence-electron chi connectivity index (χ2n) is 5.81. The van der Waals surface area contributed by atoms with E-state index in [4.69, 9.17) is 14.2 Å². The second kappa shape index (κ2) is 14.5. The number of rotatable bonds is 12. The lowest BCUT2D eigenvalue weighted by Gasteiger charge is -2.14. The third kappa shape index (κ3) is 9.72. The van der Waals surface area contributed by atoms with E-state index in [-0.39, 0.29) is 29.7 Å². The molecule has 0 bridgehead atoms. The molecule has 1 rings (SSSR count). The van der Waals surface area contributed by atoms with E-state index in [9.17, 15) is 8.42 Å². The van der Waals surface area contributed by atoms with Crippen molar-refractivity contribution in [2.45, 2.75) is 26.8 Å². The number of guanidine groups is 1. The van der Waals surface area contributed by atoms with Crippen molar-refractivity contribution in [1.29, 1.82) is 0 Å². The fraction of sp³-hybridized carbons (Fsp3) is 0.611. The molecule has 1 aromatic carbocycles. The number of ether oxygens (including phenoxy) is 3. The summed E-state index contributed by atoms with van der Waals surface area (Å²) in [5.41, 5.74) is 0.905. The minimum atomic E-state index is -3.15. The first-order valence-electron chi connectivity index (χ1n) is 9.19. The van der Waals surface area contributed by atoms with E-state index in [0.29, 0.717) is 55.8 Å². The smallest absolute Gasteiger partial charge is 0.211 e. The van der Waals surface area contributed by atoms with Gasteiger partial charge in [0.1, 0.15) is 0 Å². The number of aliphatic imine (C=N–C) groups is 1. The van der Waals surface area contributed by atoms with Gasteiger partial charge < -0.3 is 24.8 Å². The first-order chi connectivity index (χ1) is 13.4. The molecule has 0 aliphatic heterocycles. The fourth-order valence-corrected chi connectivity index (χ4v) is 3.02. The number of nitrogens with one attached hydrogen (secondary N) is 3. The van der Waals surface area contributed by atoms with Crippen LogP contribution in [0.5, 0.6) is 17.2 Å². The monoisotopic (exact) mass is 544 g/mol. The topological polar surface area (TPSA) is 110 Å². The molecule has 0 heterocycles. The molecule has 0 fully saturated rings. The lowest BCUT2D eigenvalue weighted by Crippen LogP contribution is -2.38. The van der Waals surface area contributed by atoms with Crippen molar-refractivity contribution >= 4 is 40.0 Å². The molecule has 0 radical (unpaired) electrons. The molecule has 0 saturated carbocycles. The van der Waals surface area contributed by atoms with E-state index in [1.54, 1.807) is 28.3 Å². The zero-order valence-electron chi connectivity index (χ0n) is 17.7. The van der Waals surface area contributed by atoms with Crippen molar-refractivity contribution in [2.75, 3.05) is 46.7 Å². The SMILES string of the molecule is CCNC(=NCc1cc(OC)c(OC)c(OC)c1)NCCCNS(=O)(=O)CC.I. The summed E-state index contributed by atoms with van der Waals surface area (Å²) in [5.74, 6) is 2.42. The van der Waals surface area contributed by atoms with Crippen LogP contribution in [0.3, 0.4) is 0 Å². The van der Waals surface area contributed by atoms with E-state index in [1.807, 2.05) is 19.1 Å². The summed E-state index contributed by atoms with van der Waals surface area (Å²) in [5, 5.41) is 6.36. The van der Waals surface area contributed by atoms with Gasteiger partial charge in [-0.15, -0.1) is 24.0 Å². The molecule has 0 amide bonds. The van der Waals surface area contributed by atoms with E-state index in [2.05, 4.69) is 20.3 Å². The highest BCUT2D eigenvalue weighted by molar-refractivity contribution is 14.0. The van der Waals surface area contributed by atoms with Crippen molar-refractivity contribution in [3.8, 4) is 17.2 Å². The zero-order valence-corrected chi connectivity index (χ0v) is 20.8. The number of halogens is 1. The van der Waals surface area contributed by atoms with Crippen molar-refractivity contribution in [2.24, 2.45) is 4.99 Å². The average molecular weight is 544 g/mol. The summed E-state index contributed by atoms with van der Waals surface area (Å²) < 4.78 is 41.4. The maximum absolute atomic E-state index is 11.4. The molecule has 0 unspecified atom stereocenters. The predicted molar refractivity (Wildman–Crippen MR) is 126 cm³/mol. The van der Waals surface area contributed by atoms with Crippen LogP contribution in [0.15, 0.2) is 17.1 Å². The highest BCUT2D eigenvalue weighted by Gasteiger charge is 2.13. The maximum atomic E-state index is 11.4. The van der Waals surface area contributed by atoms with Crippen molar-refractivity contribution in [3.63, 3.8) is 0 Å². The largest absolute Gasteiger partial charge is 0.493 e. The van der Waals surface area contributed by atoms with Crippen molar-refractivity contribution in [1.82, 2.24) is 15.4 Å². The first-order valence-corrected chi connectivity index (χ1v) is 10.8. The molecule has 0 spiro atoms. The van der Waals surface area contributed by atoms with Crippen LogP contribution in [0, 0.1) is 0 Å². The Morgan fingerprint density at radius 2 is 1.62 bits per heavy atom. The van der Waals surface area contributed by atoms with E-state index < -0.39 is 10.0 Å². The zero-order chi connectivity index (χ0) is 21.0. The van der Waals surface area contributed by atoms with Gasteiger partial charge in [-0.25, -0.2) is 18.1 Å². The van der Waals surface area contributed by atoms with Crippen molar-refractivity contribution < 1.29 is 22.6 Å². The van der Waals surface area contributed by atoms with Crippen LogP contribution in [0.2, 0.25) is 0 Å². The van der Waals surface area contributed by atoms with Gasteiger partial charge in [-0.3, -0.25) is 0 Å². The minimum Gasteiger partial charge on any atom is -0.493 e. The van der Waals surface area contributed by atoms with E-state index >= 15 is 0 Å². The number of nitrogens with zero attached hydrogens (tertiary/aromatic N) is 1. The first kappa shape index (κ1) is 27.5. The number of hydrogen-bond donors (Lipinski definition) is 3. The highest BCUT2D eigenvalue weighted by atomic mass is 127. The molecular weight excluding hydrogens is 511 g/mol. The molecule has 0 aromatic heterocycles. The quantitative estimate of drug-likeness (QED) is 0.159. The Kier molecular flexibility index (Phi) is 13.8. The molecule has 1 aromatic rings. The fourth-order valence-electron chi connectivity index (χ4n) is 2.36. The van der Waals surface area contributed by atoms with Gasteiger partial charge in [0.25, 0.3) is 0 Å². The summed E-state index contributed by atoms with van der Waals surface area (Å²) in [7, 11) is 1.55.